The number of halogens is 1. The Kier molecular flexibility index (Phi) is 15.1. The molecule has 2 saturated heterocycles. The van der Waals surface area contributed by atoms with E-state index in [2.05, 4.69) is 34.6 Å². The number of hydrogen-bond donors (Lipinski definition) is 3. The number of aliphatic hydroxyl groups is 3. The van der Waals surface area contributed by atoms with E-state index in [1.807, 2.05) is 34.6 Å². The minimum absolute atomic E-state index is 0.000679. The van der Waals surface area contributed by atoms with Crippen molar-refractivity contribution in [3.05, 3.63) is 0 Å². The highest BCUT2D eigenvalue weighted by molar-refractivity contribution is 5.89. The van der Waals surface area contributed by atoms with Gasteiger partial charge in [0.1, 0.15) is 17.8 Å². The lowest BCUT2D eigenvalue weighted by Gasteiger charge is -2.51. The second-order valence-corrected chi connectivity index (χ2v) is 15.5. The first kappa shape index (κ1) is 41.0. The molecule has 0 aromatic heterocycles. The quantitative estimate of drug-likeness (QED) is 0.211. The molecular formula is C36H66FNO8. The van der Waals surface area contributed by atoms with Gasteiger partial charge in [-0.15, -0.1) is 0 Å². The third-order valence-electron chi connectivity index (χ3n) is 11.8. The Hall–Kier alpha value is -1.17. The number of unbranched alkanes of at least 4 members (excludes halogenated alkanes) is 1. The second-order valence-electron chi connectivity index (χ2n) is 15.5. The fourth-order valence-corrected chi connectivity index (χ4v) is 8.29. The van der Waals surface area contributed by atoms with Crippen LogP contribution in [-0.2, 0) is 23.7 Å². The Bertz CT molecular complexity index is 991. The van der Waals surface area contributed by atoms with E-state index in [1.165, 1.54) is 6.92 Å². The smallest absolute Gasteiger partial charge is 0.309 e. The molecule has 2 aliphatic rings. The van der Waals surface area contributed by atoms with E-state index in [-0.39, 0.29) is 29.1 Å². The molecule has 13 atom stereocenters. The van der Waals surface area contributed by atoms with E-state index in [0.717, 1.165) is 12.1 Å². The topological polar surface area (TPSA) is 127 Å². The van der Waals surface area contributed by atoms with Gasteiger partial charge in [0.05, 0.1) is 29.8 Å². The first-order chi connectivity index (χ1) is 21.3. The summed E-state index contributed by atoms with van der Waals surface area (Å²) >= 11 is 0. The lowest BCUT2D eigenvalue weighted by atomic mass is 9.61. The second kappa shape index (κ2) is 17.0. The molecule has 2 rings (SSSR count). The van der Waals surface area contributed by atoms with E-state index < -0.39 is 66.4 Å². The Balaban J connectivity index is 2.63. The number of rotatable bonds is 9. The Morgan fingerprint density at radius 1 is 0.978 bits per heavy atom. The first-order valence-electron chi connectivity index (χ1n) is 17.5. The van der Waals surface area contributed by atoms with Crippen molar-refractivity contribution < 1.29 is 43.5 Å². The molecule has 2 aliphatic heterocycles. The molecule has 0 amide bonds. The van der Waals surface area contributed by atoms with Gasteiger partial charge < -0.3 is 34.3 Å². The average molecular weight is 660 g/mol. The number of carbonyl (C=O) groups is 1. The number of ether oxygens (including phenoxy) is 4. The van der Waals surface area contributed by atoms with Crippen molar-refractivity contribution >= 4 is 11.7 Å². The number of alkyl halides is 1. The van der Waals surface area contributed by atoms with Crippen molar-refractivity contribution in [2.45, 2.75) is 150 Å². The largest absolute Gasteiger partial charge is 0.459 e. The Labute approximate surface area is 278 Å². The van der Waals surface area contributed by atoms with Crippen LogP contribution in [0.25, 0.3) is 0 Å². The first-order valence-corrected chi connectivity index (χ1v) is 17.5. The van der Waals surface area contributed by atoms with Gasteiger partial charge in [0.15, 0.2) is 6.86 Å². The van der Waals surface area contributed by atoms with Crippen molar-refractivity contribution in [1.29, 1.82) is 0 Å². The molecule has 0 radical (unpaired) electrons. The molecule has 0 spiro atoms. The van der Waals surface area contributed by atoms with Crippen LogP contribution in [0.15, 0.2) is 4.99 Å². The van der Waals surface area contributed by atoms with Gasteiger partial charge in [-0.1, -0.05) is 55.4 Å². The van der Waals surface area contributed by atoms with E-state index in [4.69, 9.17) is 23.9 Å². The molecular weight excluding hydrogens is 593 g/mol. The van der Waals surface area contributed by atoms with Gasteiger partial charge in [-0.2, -0.15) is 0 Å². The molecule has 0 aliphatic carbocycles. The van der Waals surface area contributed by atoms with Crippen LogP contribution < -0.4 is 0 Å². The number of esters is 1. The van der Waals surface area contributed by atoms with E-state index in [9.17, 15) is 24.5 Å². The van der Waals surface area contributed by atoms with Crippen molar-refractivity contribution in [2.24, 2.45) is 45.9 Å². The van der Waals surface area contributed by atoms with Crippen molar-refractivity contribution in [3.8, 4) is 0 Å². The van der Waals surface area contributed by atoms with Crippen molar-refractivity contribution in [2.75, 3.05) is 27.1 Å². The molecule has 270 valence electrons. The number of cyclic esters (lactones) is 1. The highest BCUT2D eigenvalue weighted by Gasteiger charge is 2.52. The van der Waals surface area contributed by atoms with Crippen LogP contribution in [-0.4, -0.2) is 95.8 Å². The summed E-state index contributed by atoms with van der Waals surface area (Å²) in [6, 6.07) is 0. The maximum absolute atomic E-state index is 14.0. The van der Waals surface area contributed by atoms with E-state index in [0.29, 0.717) is 38.8 Å². The van der Waals surface area contributed by atoms with Gasteiger partial charge in [-0.25, -0.2) is 4.39 Å². The molecule has 3 N–H and O–H groups in total. The van der Waals surface area contributed by atoms with Crippen LogP contribution in [0, 0.1) is 40.9 Å². The Morgan fingerprint density at radius 3 is 2.17 bits per heavy atom. The fraction of sp³-hybridized carbons (Fsp3) is 0.944. The molecule has 46 heavy (non-hydrogen) atoms. The summed E-state index contributed by atoms with van der Waals surface area (Å²) in [5, 5.41) is 34.5. The number of carbonyl (C=O) groups excluding carboxylic acids is 1. The summed E-state index contributed by atoms with van der Waals surface area (Å²) in [4.78, 5) is 19.0. The summed E-state index contributed by atoms with van der Waals surface area (Å²) in [6.45, 7) is 21.8. The lowest BCUT2D eigenvalue weighted by Crippen LogP contribution is -2.59. The molecule has 2 fully saturated rings. The summed E-state index contributed by atoms with van der Waals surface area (Å²) < 4.78 is 35.6. The molecule has 0 aromatic rings. The molecule has 1 unspecified atom stereocenters. The highest BCUT2D eigenvalue weighted by atomic mass is 19.1. The minimum atomic E-state index is -1.75. The van der Waals surface area contributed by atoms with Crippen LogP contribution in [0.3, 0.4) is 0 Å². The average Bonchev–Trinajstić information content (AvgIpc) is 2.99. The van der Waals surface area contributed by atoms with Gasteiger partial charge in [0.25, 0.3) is 0 Å². The maximum atomic E-state index is 14.0. The van der Waals surface area contributed by atoms with Gasteiger partial charge >= 0.3 is 5.97 Å². The summed E-state index contributed by atoms with van der Waals surface area (Å²) in [5.41, 5.74) is -2.01. The normalized spacial score (nSPS) is 44.0. The SMILES string of the molecule is CC[C@H]1OC(=O)[C@H](C)[C@@H](C2C[C@@](C)(OC)[C@@H](O)[C@H](C)O2)[C@H](C)[C@@H](C)C(C)(C)C[C@@H](C)C(=NCCCCOCF)[C@H](C)[C@@H](O)[C@]1(C)O. The number of aliphatic hydroxyl groups excluding tert-OH is 2. The van der Waals surface area contributed by atoms with Crippen molar-refractivity contribution in [1.82, 2.24) is 0 Å². The number of methoxy groups -OCH3 is 1. The Morgan fingerprint density at radius 2 is 1.61 bits per heavy atom. The zero-order valence-electron chi connectivity index (χ0n) is 30.7. The predicted molar refractivity (Wildman–Crippen MR) is 178 cm³/mol. The maximum Gasteiger partial charge on any atom is 0.309 e. The third kappa shape index (κ3) is 9.29. The minimum Gasteiger partial charge on any atom is -0.459 e. The molecule has 9 nitrogen and oxygen atoms in total. The number of aliphatic imine (C=N–C) groups is 1. The molecule has 2 heterocycles. The monoisotopic (exact) mass is 659 g/mol. The van der Waals surface area contributed by atoms with Gasteiger partial charge in [0, 0.05) is 44.2 Å². The van der Waals surface area contributed by atoms with Crippen LogP contribution in [0.5, 0.6) is 0 Å². The standard InChI is InChI=1S/C36H66FNO8/c1-13-28-36(11,42)31(39)24(5)30(38-16-14-15-17-44-20-37)21(2)18-34(8,9)25(6)22(3)29(23(4)33(41)46-28)27-19-35(10,43-12)32(40)26(7)45-27/h21-29,31-32,39-40,42H,13-20H2,1-12H3/t21-,22-,23-,24+,25-,26+,27?,28-,29+,31-,32+,35-,36-/m1/s1. The van der Waals surface area contributed by atoms with E-state index >= 15 is 0 Å². The zero-order valence-corrected chi connectivity index (χ0v) is 30.7. The van der Waals surface area contributed by atoms with Gasteiger partial charge in [-0.05, 0) is 69.6 Å². The summed E-state index contributed by atoms with van der Waals surface area (Å²) in [7, 11) is 1.59. The molecule has 0 aromatic carbocycles. The number of nitrogens with zero attached hydrogens (tertiary/aromatic N) is 1. The van der Waals surface area contributed by atoms with Crippen LogP contribution in [0.4, 0.5) is 4.39 Å². The van der Waals surface area contributed by atoms with Gasteiger partial charge in [-0.3, -0.25) is 9.79 Å². The molecule has 10 heteroatoms. The zero-order chi connectivity index (χ0) is 35.2. The van der Waals surface area contributed by atoms with Crippen LogP contribution >= 0.6 is 0 Å². The van der Waals surface area contributed by atoms with Crippen LogP contribution in [0.1, 0.15) is 108 Å². The van der Waals surface area contributed by atoms with Gasteiger partial charge in [0.2, 0.25) is 0 Å². The van der Waals surface area contributed by atoms with E-state index in [1.54, 1.807) is 7.11 Å². The highest BCUT2D eigenvalue weighted by Crippen LogP contribution is 2.47. The van der Waals surface area contributed by atoms with Crippen LogP contribution in [0.2, 0.25) is 0 Å². The molecule has 0 bridgehead atoms. The lowest BCUT2D eigenvalue weighted by molar-refractivity contribution is -0.235. The summed E-state index contributed by atoms with van der Waals surface area (Å²) in [5.74, 6) is -1.73. The third-order valence-corrected chi connectivity index (χ3v) is 11.8. The van der Waals surface area contributed by atoms with Crippen molar-refractivity contribution in [3.63, 3.8) is 0 Å². The molecule has 0 saturated carbocycles. The number of hydrogen-bond acceptors (Lipinski definition) is 9. The summed E-state index contributed by atoms with van der Waals surface area (Å²) in [6.07, 6.45) is -1.08. The fourth-order valence-electron chi connectivity index (χ4n) is 8.29. The predicted octanol–water partition coefficient (Wildman–Crippen LogP) is 5.75.